The van der Waals surface area contributed by atoms with E-state index in [-0.39, 0.29) is 5.91 Å². The Morgan fingerprint density at radius 2 is 1.78 bits per heavy atom. The fraction of sp³-hybridized carbons (Fsp3) is 0.227. The normalized spacial score (nSPS) is 10.4. The zero-order valence-electron chi connectivity index (χ0n) is 15.5. The van der Waals surface area contributed by atoms with Crippen molar-refractivity contribution < 1.29 is 4.79 Å². The molecule has 1 aromatic heterocycles. The molecule has 0 aliphatic rings. The van der Waals surface area contributed by atoms with Crippen molar-refractivity contribution >= 4 is 11.9 Å². The molecule has 0 radical (unpaired) electrons. The van der Waals surface area contributed by atoms with Crippen LogP contribution in [0, 0.1) is 6.92 Å². The first-order valence-electron chi connectivity index (χ1n) is 9.16. The SMILES string of the molecule is Cc1ccccc1CNc1nccc(C(=O)NCCCc2ccccc2)n1. The van der Waals surface area contributed by atoms with Gasteiger partial charge in [-0.1, -0.05) is 54.6 Å². The number of rotatable bonds is 8. The van der Waals surface area contributed by atoms with Gasteiger partial charge in [0.15, 0.2) is 0 Å². The van der Waals surface area contributed by atoms with Gasteiger partial charge in [-0.2, -0.15) is 0 Å². The molecule has 0 unspecified atom stereocenters. The van der Waals surface area contributed by atoms with Crippen LogP contribution in [0.25, 0.3) is 0 Å². The molecule has 5 nitrogen and oxygen atoms in total. The summed E-state index contributed by atoms with van der Waals surface area (Å²) < 4.78 is 0. The Kier molecular flexibility index (Phi) is 6.52. The number of nitrogens with one attached hydrogen (secondary N) is 2. The zero-order valence-corrected chi connectivity index (χ0v) is 15.5. The number of carbonyl (C=O) groups is 1. The van der Waals surface area contributed by atoms with Gasteiger partial charge in [0.1, 0.15) is 5.69 Å². The predicted octanol–water partition coefficient (Wildman–Crippen LogP) is 3.76. The fourth-order valence-electron chi connectivity index (χ4n) is 2.78. The number of aryl methyl sites for hydroxylation is 2. The third kappa shape index (κ3) is 5.64. The van der Waals surface area contributed by atoms with Crippen LogP contribution in [0.2, 0.25) is 0 Å². The van der Waals surface area contributed by atoms with E-state index in [0.29, 0.717) is 24.7 Å². The minimum atomic E-state index is -0.176. The number of amides is 1. The molecule has 3 rings (SSSR count). The van der Waals surface area contributed by atoms with Gasteiger partial charge in [0.05, 0.1) is 0 Å². The van der Waals surface area contributed by atoms with Gasteiger partial charge in [-0.3, -0.25) is 4.79 Å². The first-order chi connectivity index (χ1) is 13.2. The summed E-state index contributed by atoms with van der Waals surface area (Å²) in [5.74, 6) is 0.277. The molecule has 0 bridgehead atoms. The average molecular weight is 360 g/mol. The summed E-state index contributed by atoms with van der Waals surface area (Å²) in [5.41, 5.74) is 4.03. The highest BCUT2D eigenvalue weighted by molar-refractivity contribution is 5.92. The van der Waals surface area contributed by atoms with Gasteiger partial charge in [0.25, 0.3) is 5.91 Å². The fourth-order valence-corrected chi connectivity index (χ4v) is 2.78. The maximum Gasteiger partial charge on any atom is 0.270 e. The molecule has 0 saturated carbocycles. The second-order valence-corrected chi connectivity index (χ2v) is 6.39. The number of nitrogens with zero attached hydrogens (tertiary/aromatic N) is 2. The molecular weight excluding hydrogens is 336 g/mol. The van der Waals surface area contributed by atoms with Crippen LogP contribution < -0.4 is 10.6 Å². The molecule has 2 aromatic carbocycles. The maximum absolute atomic E-state index is 12.3. The lowest BCUT2D eigenvalue weighted by molar-refractivity contribution is 0.0948. The molecule has 0 aliphatic heterocycles. The van der Waals surface area contributed by atoms with Gasteiger partial charge >= 0.3 is 0 Å². The summed E-state index contributed by atoms with van der Waals surface area (Å²) in [7, 11) is 0. The number of carbonyl (C=O) groups excluding carboxylic acids is 1. The number of benzene rings is 2. The van der Waals surface area contributed by atoms with Crippen molar-refractivity contribution in [3.8, 4) is 0 Å². The van der Waals surface area contributed by atoms with Crippen LogP contribution in [0.4, 0.5) is 5.95 Å². The molecule has 0 atom stereocenters. The Bertz CT molecular complexity index is 880. The lowest BCUT2D eigenvalue weighted by atomic mass is 10.1. The minimum Gasteiger partial charge on any atom is -0.351 e. The van der Waals surface area contributed by atoms with E-state index in [2.05, 4.69) is 51.8 Å². The summed E-state index contributed by atoms with van der Waals surface area (Å²) in [6.45, 7) is 3.30. The Morgan fingerprint density at radius 1 is 1.00 bits per heavy atom. The topological polar surface area (TPSA) is 66.9 Å². The van der Waals surface area contributed by atoms with Crippen molar-refractivity contribution in [2.75, 3.05) is 11.9 Å². The first-order valence-corrected chi connectivity index (χ1v) is 9.16. The van der Waals surface area contributed by atoms with Crippen LogP contribution >= 0.6 is 0 Å². The molecule has 27 heavy (non-hydrogen) atoms. The van der Waals surface area contributed by atoms with E-state index in [4.69, 9.17) is 0 Å². The molecule has 1 heterocycles. The maximum atomic E-state index is 12.3. The molecule has 138 valence electrons. The summed E-state index contributed by atoms with van der Waals surface area (Å²) in [6, 6.07) is 20.0. The van der Waals surface area contributed by atoms with Gasteiger partial charge in [0, 0.05) is 19.3 Å². The van der Waals surface area contributed by atoms with Crippen LogP contribution in [-0.2, 0) is 13.0 Å². The van der Waals surface area contributed by atoms with Crippen LogP contribution in [0.15, 0.2) is 66.9 Å². The van der Waals surface area contributed by atoms with Gasteiger partial charge in [0.2, 0.25) is 5.95 Å². The van der Waals surface area contributed by atoms with Gasteiger partial charge in [-0.05, 0) is 42.5 Å². The minimum absolute atomic E-state index is 0.176. The largest absolute Gasteiger partial charge is 0.351 e. The number of hydrogen-bond donors (Lipinski definition) is 2. The van der Waals surface area contributed by atoms with Crippen LogP contribution in [0.5, 0.6) is 0 Å². The van der Waals surface area contributed by atoms with E-state index in [9.17, 15) is 4.79 Å². The van der Waals surface area contributed by atoms with Crippen molar-refractivity contribution in [2.24, 2.45) is 0 Å². The van der Waals surface area contributed by atoms with E-state index in [1.807, 2.05) is 30.3 Å². The number of anilines is 1. The van der Waals surface area contributed by atoms with Crippen LogP contribution in [0.1, 0.15) is 33.6 Å². The molecule has 1 amide bonds. The van der Waals surface area contributed by atoms with E-state index in [1.54, 1.807) is 12.3 Å². The first kappa shape index (κ1) is 18.6. The highest BCUT2D eigenvalue weighted by atomic mass is 16.1. The van der Waals surface area contributed by atoms with Crippen molar-refractivity contribution in [3.63, 3.8) is 0 Å². The Hall–Kier alpha value is -3.21. The molecule has 0 saturated heterocycles. The number of aromatic nitrogens is 2. The molecular formula is C22H24N4O. The van der Waals surface area contributed by atoms with E-state index in [0.717, 1.165) is 12.8 Å². The van der Waals surface area contributed by atoms with Gasteiger partial charge in [-0.25, -0.2) is 9.97 Å². The predicted molar refractivity (Wildman–Crippen MR) is 108 cm³/mol. The molecule has 0 spiro atoms. The lowest BCUT2D eigenvalue weighted by Crippen LogP contribution is -2.26. The Labute approximate surface area is 159 Å². The second kappa shape index (κ2) is 9.48. The summed E-state index contributed by atoms with van der Waals surface area (Å²) in [6.07, 6.45) is 3.43. The highest BCUT2D eigenvalue weighted by Gasteiger charge is 2.08. The molecule has 3 aromatic rings. The molecule has 2 N–H and O–H groups in total. The Morgan fingerprint density at radius 3 is 2.59 bits per heavy atom. The van der Waals surface area contributed by atoms with Crippen LogP contribution in [-0.4, -0.2) is 22.4 Å². The summed E-state index contributed by atoms with van der Waals surface area (Å²) in [4.78, 5) is 20.8. The molecule has 5 heteroatoms. The van der Waals surface area contributed by atoms with Crippen LogP contribution in [0.3, 0.4) is 0 Å². The van der Waals surface area contributed by atoms with E-state index >= 15 is 0 Å². The average Bonchev–Trinajstić information content (AvgIpc) is 2.71. The van der Waals surface area contributed by atoms with Crippen molar-refractivity contribution in [1.82, 2.24) is 15.3 Å². The quantitative estimate of drug-likeness (QED) is 0.600. The smallest absolute Gasteiger partial charge is 0.270 e. The zero-order chi connectivity index (χ0) is 18.9. The second-order valence-electron chi connectivity index (χ2n) is 6.39. The monoisotopic (exact) mass is 360 g/mol. The lowest BCUT2D eigenvalue weighted by Gasteiger charge is -2.09. The standard InChI is InChI=1S/C22H24N4O/c1-17-8-5-6-12-19(17)16-25-22-24-15-13-20(26-22)21(27)23-14-7-11-18-9-3-2-4-10-18/h2-6,8-10,12-13,15H,7,11,14,16H2,1H3,(H,23,27)(H,24,25,26). The Balaban J connectivity index is 1.49. The van der Waals surface area contributed by atoms with Crippen molar-refractivity contribution in [2.45, 2.75) is 26.3 Å². The van der Waals surface area contributed by atoms with E-state index in [1.165, 1.54) is 16.7 Å². The third-order valence-electron chi connectivity index (χ3n) is 4.36. The van der Waals surface area contributed by atoms with E-state index < -0.39 is 0 Å². The number of hydrogen-bond acceptors (Lipinski definition) is 4. The highest BCUT2D eigenvalue weighted by Crippen LogP contribution is 2.09. The third-order valence-corrected chi connectivity index (χ3v) is 4.36. The van der Waals surface area contributed by atoms with Gasteiger partial charge < -0.3 is 10.6 Å². The van der Waals surface area contributed by atoms with Crippen molar-refractivity contribution in [1.29, 1.82) is 0 Å². The van der Waals surface area contributed by atoms with Gasteiger partial charge in [-0.15, -0.1) is 0 Å². The molecule has 0 fully saturated rings. The van der Waals surface area contributed by atoms with Crippen molar-refractivity contribution in [3.05, 3.63) is 89.2 Å². The molecule has 0 aliphatic carbocycles. The summed E-state index contributed by atoms with van der Waals surface area (Å²) >= 11 is 0. The summed E-state index contributed by atoms with van der Waals surface area (Å²) in [5, 5.41) is 6.11.